The average molecular weight is 446 g/mol. The fourth-order valence-corrected chi connectivity index (χ4v) is 8.87. The molecule has 31 heavy (non-hydrogen) atoms. The molecule has 6 aliphatic rings. The minimum Gasteiger partial charge on any atom is -0.475 e. The van der Waals surface area contributed by atoms with Gasteiger partial charge in [0.25, 0.3) is 0 Å². The number of rotatable bonds is 4. The van der Waals surface area contributed by atoms with Gasteiger partial charge in [0.15, 0.2) is 11.2 Å². The highest BCUT2D eigenvalue weighted by molar-refractivity contribution is 6.28. The monoisotopic (exact) mass is 445 g/mol. The van der Waals surface area contributed by atoms with E-state index in [-0.39, 0.29) is 16.1 Å². The molecule has 9 rings (SSSR count). The molecule has 0 aromatic carbocycles. The maximum Gasteiger partial charge on any atom is 0.434 e. The van der Waals surface area contributed by atoms with Crippen LogP contribution in [0.2, 0.25) is 5.28 Å². The molecule has 0 saturated heterocycles. The van der Waals surface area contributed by atoms with Crippen LogP contribution in [-0.4, -0.2) is 31.1 Å². The summed E-state index contributed by atoms with van der Waals surface area (Å²) < 4.78 is 47.2. The highest BCUT2D eigenvalue weighted by atomic mass is 35.5. The van der Waals surface area contributed by atoms with Crippen molar-refractivity contribution in [2.75, 3.05) is 6.61 Å². The van der Waals surface area contributed by atoms with E-state index in [1.165, 1.54) is 0 Å². The van der Waals surface area contributed by atoms with Crippen LogP contribution in [0.15, 0.2) is 24.5 Å². The molecule has 3 aromatic heterocycles. The SMILES string of the molecule is Cn1cc(C(F)(F)F)nc1C12C3C4C1C1C2C3C41COc1nc(Cl)nc2cccnc12. The summed E-state index contributed by atoms with van der Waals surface area (Å²) in [5.74, 6) is 3.94. The zero-order valence-electron chi connectivity index (χ0n) is 16.1. The van der Waals surface area contributed by atoms with Gasteiger partial charge in [0.1, 0.15) is 5.82 Å². The summed E-state index contributed by atoms with van der Waals surface area (Å²) >= 11 is 6.05. The van der Waals surface area contributed by atoms with Gasteiger partial charge < -0.3 is 9.30 Å². The van der Waals surface area contributed by atoms with Crippen LogP contribution in [0.4, 0.5) is 13.2 Å². The lowest BCUT2D eigenvalue weighted by Gasteiger charge is -3.10. The Hall–Kier alpha value is -2.42. The number of nitrogens with zero attached hydrogens (tertiary/aromatic N) is 5. The largest absolute Gasteiger partial charge is 0.475 e. The van der Waals surface area contributed by atoms with Crippen molar-refractivity contribution in [3.05, 3.63) is 41.3 Å². The number of hydrogen-bond acceptors (Lipinski definition) is 5. The van der Waals surface area contributed by atoms with Gasteiger partial charge in [0, 0.05) is 30.3 Å². The van der Waals surface area contributed by atoms with Crippen molar-refractivity contribution in [1.29, 1.82) is 0 Å². The zero-order chi connectivity index (χ0) is 21.1. The first-order valence-corrected chi connectivity index (χ1v) is 10.7. The Morgan fingerprint density at radius 3 is 2.45 bits per heavy atom. The molecular weight excluding hydrogens is 431 g/mol. The van der Waals surface area contributed by atoms with E-state index in [2.05, 4.69) is 19.9 Å². The number of aromatic nitrogens is 5. The smallest absolute Gasteiger partial charge is 0.434 e. The van der Waals surface area contributed by atoms with E-state index in [1.807, 2.05) is 6.07 Å². The first-order valence-electron chi connectivity index (χ1n) is 10.3. The molecule has 6 saturated carbocycles. The number of ether oxygens (including phenoxy) is 1. The van der Waals surface area contributed by atoms with Crippen molar-refractivity contribution in [2.45, 2.75) is 11.6 Å². The van der Waals surface area contributed by atoms with E-state index < -0.39 is 11.9 Å². The van der Waals surface area contributed by atoms with Crippen molar-refractivity contribution in [2.24, 2.45) is 48.0 Å². The first kappa shape index (κ1) is 17.2. The molecule has 0 amide bonds. The van der Waals surface area contributed by atoms with Gasteiger partial charge in [-0.05, 0) is 59.2 Å². The van der Waals surface area contributed by atoms with Crippen LogP contribution in [0, 0.1) is 40.9 Å². The third kappa shape index (κ3) is 1.48. The fraction of sp³-hybridized carbons (Fsp3) is 0.524. The predicted molar refractivity (Wildman–Crippen MR) is 101 cm³/mol. The Balaban J connectivity index is 1.07. The Kier molecular flexibility index (Phi) is 2.59. The highest BCUT2D eigenvalue weighted by Gasteiger charge is 3.10. The summed E-state index contributed by atoms with van der Waals surface area (Å²) in [7, 11) is 1.69. The number of hydrogen-bond donors (Lipinski definition) is 0. The Labute approximate surface area is 178 Å². The molecule has 0 N–H and O–H groups in total. The second-order valence-electron chi connectivity index (χ2n) is 9.72. The van der Waals surface area contributed by atoms with Gasteiger partial charge in [-0.1, -0.05) is 0 Å². The van der Waals surface area contributed by atoms with Crippen molar-refractivity contribution in [3.63, 3.8) is 0 Å². The summed E-state index contributed by atoms with van der Waals surface area (Å²) in [4.78, 5) is 16.8. The van der Waals surface area contributed by atoms with E-state index in [9.17, 15) is 13.2 Å². The number of alkyl halides is 3. The molecule has 0 aliphatic heterocycles. The molecule has 0 atom stereocenters. The zero-order valence-corrected chi connectivity index (χ0v) is 16.9. The molecule has 0 unspecified atom stereocenters. The highest BCUT2D eigenvalue weighted by Crippen LogP contribution is 3.09. The number of halogens is 4. The van der Waals surface area contributed by atoms with Crippen molar-refractivity contribution in [1.82, 2.24) is 24.5 Å². The Morgan fingerprint density at radius 2 is 1.81 bits per heavy atom. The summed E-state index contributed by atoms with van der Waals surface area (Å²) in [5, 5.41) is 0.124. The van der Waals surface area contributed by atoms with E-state index in [1.54, 1.807) is 23.9 Å². The molecule has 158 valence electrons. The average Bonchev–Trinajstić information content (AvgIpc) is 3.14. The van der Waals surface area contributed by atoms with Gasteiger partial charge in [0.05, 0.1) is 12.1 Å². The first-order chi connectivity index (χ1) is 14.8. The second kappa shape index (κ2) is 4.67. The summed E-state index contributed by atoms with van der Waals surface area (Å²) in [5.41, 5.74) is 0.482. The van der Waals surface area contributed by atoms with Crippen molar-refractivity contribution < 1.29 is 17.9 Å². The lowest BCUT2D eigenvalue weighted by Crippen LogP contribution is -3.12. The van der Waals surface area contributed by atoms with Crippen molar-refractivity contribution >= 4 is 22.6 Å². The number of pyridine rings is 1. The molecular formula is C21H15ClF3N5O. The normalized spacial score (nSPS) is 42.1. The van der Waals surface area contributed by atoms with Crippen LogP contribution in [-0.2, 0) is 18.6 Å². The van der Waals surface area contributed by atoms with Gasteiger partial charge in [-0.15, -0.1) is 0 Å². The van der Waals surface area contributed by atoms with Crippen LogP contribution >= 0.6 is 11.6 Å². The lowest BCUT2D eigenvalue weighted by molar-refractivity contribution is -0.632. The summed E-state index contributed by atoms with van der Waals surface area (Å²) in [6.07, 6.45) is -1.60. The van der Waals surface area contributed by atoms with Gasteiger partial charge in [-0.25, -0.2) is 15.0 Å². The molecule has 6 aliphatic carbocycles. The van der Waals surface area contributed by atoms with E-state index in [4.69, 9.17) is 16.3 Å². The molecule has 6 nitrogen and oxygen atoms in total. The summed E-state index contributed by atoms with van der Waals surface area (Å²) in [6.45, 7) is 0.556. The third-order valence-electron chi connectivity index (χ3n) is 9.25. The van der Waals surface area contributed by atoms with E-state index in [0.29, 0.717) is 64.9 Å². The quantitative estimate of drug-likeness (QED) is 0.575. The molecule has 0 radical (unpaired) electrons. The van der Waals surface area contributed by atoms with Crippen LogP contribution in [0.3, 0.4) is 0 Å². The molecule has 0 spiro atoms. The maximum absolute atomic E-state index is 13.1. The van der Waals surface area contributed by atoms with Crippen LogP contribution < -0.4 is 4.74 Å². The van der Waals surface area contributed by atoms with Gasteiger partial charge in [-0.2, -0.15) is 18.2 Å². The standard InChI is InChI=1S/C21H15ClF3N5O/c1-30-5-8(21(23,24)25)28-17(30)20-12-9-13(20)11-14(20)10(12)19(9,11)6-31-16-15-7(3-2-4-26-15)27-18(22)29-16/h2-5,9-14H,6H2,1H3. The lowest BCUT2D eigenvalue weighted by atomic mass is 8.92. The molecule has 3 heterocycles. The molecule has 6 fully saturated rings. The van der Waals surface area contributed by atoms with Gasteiger partial charge >= 0.3 is 6.18 Å². The number of aryl methyl sites for hydroxylation is 1. The van der Waals surface area contributed by atoms with Crippen LogP contribution in [0.1, 0.15) is 11.5 Å². The molecule has 3 aromatic rings. The van der Waals surface area contributed by atoms with Crippen LogP contribution in [0.5, 0.6) is 5.88 Å². The van der Waals surface area contributed by atoms with Crippen molar-refractivity contribution in [3.8, 4) is 5.88 Å². The van der Waals surface area contributed by atoms with E-state index in [0.717, 1.165) is 6.20 Å². The molecule has 10 heteroatoms. The van der Waals surface area contributed by atoms with Crippen LogP contribution in [0.25, 0.3) is 11.0 Å². The topological polar surface area (TPSA) is 65.7 Å². The van der Waals surface area contributed by atoms with Gasteiger partial charge in [-0.3, -0.25) is 0 Å². The minimum absolute atomic E-state index is 0.119. The predicted octanol–water partition coefficient (Wildman–Crippen LogP) is 3.50. The second-order valence-corrected chi connectivity index (χ2v) is 10.1. The number of imidazole rings is 1. The summed E-state index contributed by atoms with van der Waals surface area (Å²) in [6, 6.07) is 3.60. The minimum atomic E-state index is -4.40. The fourth-order valence-electron chi connectivity index (χ4n) is 8.70. The Bertz CT molecular complexity index is 1280. The van der Waals surface area contributed by atoms with E-state index >= 15 is 0 Å². The molecule has 0 bridgehead atoms. The maximum atomic E-state index is 13.1. The third-order valence-corrected chi connectivity index (χ3v) is 9.42. The number of fused-ring (bicyclic) bond motifs is 1. The van der Waals surface area contributed by atoms with Gasteiger partial charge in [0.2, 0.25) is 11.2 Å². The Morgan fingerprint density at radius 1 is 1.10 bits per heavy atom.